The van der Waals surface area contributed by atoms with Gasteiger partial charge in [0.1, 0.15) is 23.0 Å². The number of rotatable bonds is 5. The molecular weight excluding hydrogens is 1260 g/mol. The molecule has 5 nitrogen and oxygen atoms in total. The molecule has 104 heavy (non-hydrogen) atoms. The lowest BCUT2D eigenvalue weighted by molar-refractivity contribution is 0.464. The van der Waals surface area contributed by atoms with E-state index in [1.165, 1.54) is 22.3 Å². The fourth-order valence-corrected chi connectivity index (χ4v) is 15.6. The van der Waals surface area contributed by atoms with Crippen LogP contribution in [0.15, 0.2) is 194 Å². The van der Waals surface area contributed by atoms with Gasteiger partial charge in [0, 0.05) is 73.3 Å². The summed E-state index contributed by atoms with van der Waals surface area (Å²) in [7, 11) is 0. The minimum Gasteiger partial charge on any atom is -0.458 e. The Morgan fingerprint density at radius 3 is 0.779 bits per heavy atom. The second-order valence-corrected chi connectivity index (χ2v) is 38.2. The third-order valence-electron chi connectivity index (χ3n) is 22.2. The van der Waals surface area contributed by atoms with Crippen molar-refractivity contribution in [3.63, 3.8) is 0 Å². The van der Waals surface area contributed by atoms with Gasteiger partial charge in [-0.2, -0.15) is 0 Å². The highest BCUT2D eigenvalue weighted by molar-refractivity contribution is 6.98. The van der Waals surface area contributed by atoms with Gasteiger partial charge in [0.05, 0.1) is 49.8 Å². The van der Waals surface area contributed by atoms with E-state index in [1.807, 2.05) is 13.7 Å². The molecule has 2 aliphatic rings. The van der Waals surface area contributed by atoms with E-state index in [2.05, 4.69) is 312 Å². The molecule has 14 aromatic rings. The first-order valence-electron chi connectivity index (χ1n) is 41.3. The molecule has 0 radical (unpaired) electrons. The van der Waals surface area contributed by atoms with Crippen LogP contribution in [0.3, 0.4) is 0 Å². The summed E-state index contributed by atoms with van der Waals surface area (Å²) in [5, 5.41) is 5.36. The lowest BCUT2D eigenvalue weighted by atomic mass is 9.35. The molecule has 5 heterocycles. The van der Waals surface area contributed by atoms with Gasteiger partial charge < -0.3 is 23.2 Å². The minimum absolute atomic E-state index is 0.0436. The Balaban J connectivity index is 1.05. The minimum atomic E-state index is -1.36. The van der Waals surface area contributed by atoms with Crippen molar-refractivity contribution < 1.29 is 20.4 Å². The van der Waals surface area contributed by atoms with Crippen LogP contribution in [-0.2, 0) is 43.3 Å². The van der Waals surface area contributed by atoms with Crippen molar-refractivity contribution in [1.82, 2.24) is 13.7 Å². The van der Waals surface area contributed by atoms with Crippen molar-refractivity contribution in [2.45, 2.75) is 209 Å². The molecule has 0 amide bonds. The second kappa shape index (κ2) is 23.0. The Kier molecular flexibility index (Phi) is 13.2. The van der Waals surface area contributed by atoms with E-state index in [4.69, 9.17) is 9.47 Å². The van der Waals surface area contributed by atoms with Crippen LogP contribution in [0.2, 0.25) is 0 Å². The van der Waals surface area contributed by atoms with Gasteiger partial charge in [-0.15, -0.1) is 0 Å². The number of nitrogens with zero attached hydrogens (tertiary/aromatic N) is 3. The molecule has 0 spiro atoms. The quantitative estimate of drug-likeness (QED) is 0.161. The fraction of sp³-hybridized carbons (Fsp3) is 0.327. The van der Waals surface area contributed by atoms with Crippen LogP contribution >= 0.6 is 0 Å². The summed E-state index contributed by atoms with van der Waals surface area (Å²) in [4.78, 5) is 0. The van der Waals surface area contributed by atoms with Crippen molar-refractivity contribution >= 4 is 88.5 Å². The normalized spacial score (nSPS) is 15.0. The molecule has 0 saturated heterocycles. The van der Waals surface area contributed by atoms with Crippen LogP contribution in [-0.4, -0.2) is 20.4 Å². The maximum absolute atomic E-state index is 11.2. The van der Waals surface area contributed by atoms with E-state index >= 15 is 0 Å². The number of ether oxygens (including phenoxy) is 2. The third kappa shape index (κ3) is 11.6. The molecular formula is C98H104BN3O2. The average Bonchev–Trinajstić information content (AvgIpc) is 0.861. The molecule has 0 N–H and O–H groups in total. The first-order valence-corrected chi connectivity index (χ1v) is 37.3. The van der Waals surface area contributed by atoms with Crippen molar-refractivity contribution in [3.05, 3.63) is 238 Å². The summed E-state index contributed by atoms with van der Waals surface area (Å²) in [6.45, 7) is 51.5. The number of fused-ring (bicyclic) bond motifs is 13. The standard InChI is InChI=1S/C98H104BN3O2/c1-91(2,3)61-27-35-74-75-36-28-62(92(4,5)6)50-83(75)100(82(74)49-61)69-31-39-78-86(53-69)103-88-55-71(56-89-90(88)99(78)79-40-32-70(54-87(79)104-89)101-84-51-63(93(7,8)9)29-37-76(84)77-38-30-64(52-85(77)101)94(10,11)12)102-80-45-57(59-41-65(95(13,14)15)47-66(42-59)96(16,17)18)25-33-72(80)73-34-26-58(46-81(73)102)60-43-67(97(19,20)21)48-68(44-60)98(22,23)24/h25-56H,1-24H3/i31D,32D,39D,40D,53D,54D,55D,56D. The van der Waals surface area contributed by atoms with Crippen LogP contribution in [0.25, 0.3) is 105 Å². The van der Waals surface area contributed by atoms with Crippen molar-refractivity contribution in [3.8, 4) is 62.3 Å². The molecule has 526 valence electrons. The summed E-state index contributed by atoms with van der Waals surface area (Å²) < 4.78 is 108. The molecule has 0 aliphatic carbocycles. The van der Waals surface area contributed by atoms with Gasteiger partial charge in [-0.3, -0.25) is 0 Å². The molecule has 16 rings (SSSR count). The predicted octanol–water partition coefficient (Wildman–Crippen LogP) is 25.4. The molecule has 6 heteroatoms. The fourth-order valence-electron chi connectivity index (χ4n) is 15.6. The van der Waals surface area contributed by atoms with Crippen LogP contribution < -0.4 is 25.9 Å². The molecule has 0 atom stereocenters. The van der Waals surface area contributed by atoms with Gasteiger partial charge in [0.25, 0.3) is 6.71 Å². The van der Waals surface area contributed by atoms with Gasteiger partial charge in [-0.05, 0) is 169 Å². The zero-order valence-electron chi connectivity index (χ0n) is 73.6. The monoisotopic (exact) mass is 1370 g/mol. The van der Waals surface area contributed by atoms with E-state index in [-0.39, 0.29) is 148 Å². The number of hydrogen-bond donors (Lipinski definition) is 0. The Hall–Kier alpha value is -9.52. The van der Waals surface area contributed by atoms with Crippen molar-refractivity contribution in [1.29, 1.82) is 0 Å². The van der Waals surface area contributed by atoms with Crippen LogP contribution in [0, 0.1) is 0 Å². The van der Waals surface area contributed by atoms with E-state index < -0.39 is 6.71 Å². The number of hydrogen-bond acceptors (Lipinski definition) is 2. The van der Waals surface area contributed by atoms with E-state index in [0.29, 0.717) is 11.0 Å². The van der Waals surface area contributed by atoms with Gasteiger partial charge in [-0.25, -0.2) is 0 Å². The lowest BCUT2D eigenvalue weighted by Crippen LogP contribution is -2.57. The first kappa shape index (κ1) is 59.8. The van der Waals surface area contributed by atoms with Gasteiger partial charge >= 0.3 is 0 Å². The van der Waals surface area contributed by atoms with Gasteiger partial charge in [-0.1, -0.05) is 287 Å². The first-order chi connectivity index (χ1) is 51.9. The predicted molar refractivity (Wildman–Crippen MR) is 448 cm³/mol. The molecule has 0 bridgehead atoms. The van der Waals surface area contributed by atoms with E-state index in [0.717, 1.165) is 98.9 Å². The topological polar surface area (TPSA) is 33.2 Å². The largest absolute Gasteiger partial charge is 0.458 e. The molecule has 0 fully saturated rings. The lowest BCUT2D eigenvalue weighted by Gasteiger charge is -2.34. The smallest absolute Gasteiger partial charge is 0.260 e. The number of aromatic nitrogens is 3. The Morgan fingerprint density at radius 1 is 0.250 bits per heavy atom. The second-order valence-electron chi connectivity index (χ2n) is 38.2. The molecule has 2 aliphatic heterocycles. The van der Waals surface area contributed by atoms with Gasteiger partial charge in [0.15, 0.2) is 0 Å². The zero-order valence-corrected chi connectivity index (χ0v) is 65.6. The zero-order chi connectivity index (χ0) is 80.9. The highest BCUT2D eigenvalue weighted by atomic mass is 16.5. The molecule has 11 aromatic carbocycles. The summed E-state index contributed by atoms with van der Waals surface area (Å²) in [5.41, 5.74) is 15.7. The van der Waals surface area contributed by atoms with Crippen molar-refractivity contribution in [2.24, 2.45) is 0 Å². The molecule has 3 aromatic heterocycles. The Bertz CT molecular complexity index is 5860. The third-order valence-corrected chi connectivity index (χ3v) is 22.2. The summed E-state index contributed by atoms with van der Waals surface area (Å²) in [6, 6.07) is 50.3. The maximum atomic E-state index is 11.2. The molecule has 0 saturated carbocycles. The maximum Gasteiger partial charge on any atom is 0.260 e. The van der Waals surface area contributed by atoms with E-state index in [9.17, 15) is 11.0 Å². The average molecular weight is 1370 g/mol. The SMILES string of the molecule is [2H]c1c([2H])c(-n2c3cc(C(C)(C)C)ccc3c3ccc(C(C)(C)C)cc32)c([2H])c2c1B1c3c([2H])c([2H])c(-n4c5cc(C(C)(C)C)ccc5c5ccc(C(C)(C)C)cc54)c([2H])c3Oc3c([2H])c(-n4c5cc(-c6cc(C(C)(C)C)cc(C(C)(C)C)c6)ccc5c5ccc(-c6cc(C(C)(C)C)cc(C(C)(C)C)c6)cc54)c([2H])c(c31)O2. The highest BCUT2D eigenvalue weighted by Gasteiger charge is 2.42. The highest BCUT2D eigenvalue weighted by Crippen LogP contribution is 2.47. The summed E-state index contributed by atoms with van der Waals surface area (Å²) in [5.74, 6) is -0.353. The van der Waals surface area contributed by atoms with Crippen LogP contribution in [0.5, 0.6) is 23.0 Å². The Morgan fingerprint density at radius 2 is 0.500 bits per heavy atom. The van der Waals surface area contributed by atoms with E-state index in [1.54, 1.807) is 0 Å². The Labute approximate surface area is 629 Å². The van der Waals surface area contributed by atoms with Gasteiger partial charge in [0.2, 0.25) is 0 Å². The van der Waals surface area contributed by atoms with Crippen LogP contribution in [0.1, 0.15) is 222 Å². The summed E-state index contributed by atoms with van der Waals surface area (Å²) >= 11 is 0. The summed E-state index contributed by atoms with van der Waals surface area (Å²) in [6.07, 6.45) is 0. The number of benzene rings is 11. The molecule has 0 unspecified atom stereocenters. The van der Waals surface area contributed by atoms with Crippen LogP contribution in [0.4, 0.5) is 0 Å². The van der Waals surface area contributed by atoms with Crippen molar-refractivity contribution in [2.75, 3.05) is 0 Å².